The first-order valence-corrected chi connectivity index (χ1v) is 11.4. The van der Waals surface area contributed by atoms with Crippen molar-refractivity contribution in [1.29, 1.82) is 0 Å². The van der Waals surface area contributed by atoms with Crippen molar-refractivity contribution < 1.29 is 4.79 Å². The molecule has 1 aliphatic rings. The molecule has 0 spiro atoms. The molecule has 0 radical (unpaired) electrons. The molecule has 5 rings (SSSR count). The Morgan fingerprint density at radius 3 is 2.87 bits per heavy atom. The molecule has 1 fully saturated rings. The van der Waals surface area contributed by atoms with E-state index in [2.05, 4.69) is 58.9 Å². The third-order valence-electron chi connectivity index (χ3n) is 6.11. The molecule has 5 nitrogen and oxygen atoms in total. The van der Waals surface area contributed by atoms with Crippen molar-refractivity contribution in [3.8, 4) is 11.3 Å². The van der Waals surface area contributed by atoms with Crippen molar-refractivity contribution in [2.24, 2.45) is 0 Å². The largest absolute Gasteiger partial charge is 0.350 e. The first kappa shape index (κ1) is 19.3. The zero-order chi connectivity index (χ0) is 20.7. The lowest BCUT2D eigenvalue weighted by Gasteiger charge is -2.22. The predicted octanol–water partition coefficient (Wildman–Crippen LogP) is 4.74. The van der Waals surface area contributed by atoms with Gasteiger partial charge in [0, 0.05) is 29.9 Å². The van der Waals surface area contributed by atoms with Crippen LogP contribution in [0.2, 0.25) is 0 Å². The van der Waals surface area contributed by atoms with Crippen molar-refractivity contribution in [2.75, 3.05) is 19.6 Å². The van der Waals surface area contributed by atoms with Crippen LogP contribution in [0.4, 0.5) is 0 Å². The fourth-order valence-electron chi connectivity index (χ4n) is 4.36. The van der Waals surface area contributed by atoms with Crippen LogP contribution in [0.3, 0.4) is 0 Å². The van der Waals surface area contributed by atoms with Crippen molar-refractivity contribution in [2.45, 2.75) is 32.7 Å². The molecule has 30 heavy (non-hydrogen) atoms. The van der Waals surface area contributed by atoms with Gasteiger partial charge in [0.05, 0.1) is 15.9 Å². The van der Waals surface area contributed by atoms with E-state index in [1.165, 1.54) is 18.4 Å². The van der Waals surface area contributed by atoms with Gasteiger partial charge < -0.3 is 5.32 Å². The van der Waals surface area contributed by atoms with Crippen molar-refractivity contribution in [1.82, 2.24) is 19.6 Å². The van der Waals surface area contributed by atoms with Crippen LogP contribution < -0.4 is 5.32 Å². The topological polar surface area (TPSA) is 49.6 Å². The van der Waals surface area contributed by atoms with E-state index in [0.717, 1.165) is 46.1 Å². The Morgan fingerprint density at radius 2 is 2.07 bits per heavy atom. The number of fused-ring (bicyclic) bond motifs is 3. The van der Waals surface area contributed by atoms with Gasteiger partial charge in [-0.2, -0.15) is 0 Å². The van der Waals surface area contributed by atoms with Gasteiger partial charge in [0.1, 0.15) is 0 Å². The average Bonchev–Trinajstić information content (AvgIpc) is 3.46. The summed E-state index contributed by atoms with van der Waals surface area (Å²) in [6.07, 6.45) is 4.47. The third-order valence-corrected chi connectivity index (χ3v) is 7.12. The van der Waals surface area contributed by atoms with Crippen LogP contribution >= 0.6 is 11.3 Å². The molecule has 1 aliphatic heterocycles. The maximum atomic E-state index is 12.7. The highest BCUT2D eigenvalue weighted by atomic mass is 32.1. The second-order valence-electron chi connectivity index (χ2n) is 8.06. The molecule has 1 unspecified atom stereocenters. The van der Waals surface area contributed by atoms with E-state index in [0.29, 0.717) is 11.6 Å². The molecule has 0 saturated carbocycles. The molecule has 1 atom stereocenters. The number of carbonyl (C=O) groups excluding carboxylic acids is 1. The Kier molecular flexibility index (Phi) is 5.05. The lowest BCUT2D eigenvalue weighted by molar-refractivity contribution is 0.0941. The second-order valence-corrected chi connectivity index (χ2v) is 9.07. The van der Waals surface area contributed by atoms with Gasteiger partial charge in [-0.3, -0.25) is 14.1 Å². The fourth-order valence-corrected chi connectivity index (χ4v) is 5.41. The highest BCUT2D eigenvalue weighted by molar-refractivity contribution is 7.23. The molecule has 3 heterocycles. The minimum atomic E-state index is 0.00578. The molecule has 1 saturated heterocycles. The van der Waals surface area contributed by atoms with E-state index in [4.69, 9.17) is 4.98 Å². The highest BCUT2D eigenvalue weighted by Gasteiger charge is 2.23. The molecule has 0 aliphatic carbocycles. The van der Waals surface area contributed by atoms with Crippen molar-refractivity contribution in [3.05, 3.63) is 59.8 Å². The molecule has 1 amide bonds. The second kappa shape index (κ2) is 7.85. The van der Waals surface area contributed by atoms with E-state index in [1.807, 2.05) is 18.2 Å². The van der Waals surface area contributed by atoms with Gasteiger partial charge in [-0.1, -0.05) is 48.1 Å². The maximum absolute atomic E-state index is 12.7. The summed E-state index contributed by atoms with van der Waals surface area (Å²) in [4.78, 5) is 20.9. The van der Waals surface area contributed by atoms with E-state index in [-0.39, 0.29) is 5.91 Å². The summed E-state index contributed by atoms with van der Waals surface area (Å²) in [6.45, 7) is 7.18. The SMILES string of the molecule is CCN1CCCC1CNC(=O)c1ccc2c(c1)sc1nc(-c3ccc(C)cc3)cn12. The van der Waals surface area contributed by atoms with Gasteiger partial charge in [-0.05, 0) is 51.1 Å². The summed E-state index contributed by atoms with van der Waals surface area (Å²) in [6, 6.07) is 14.8. The van der Waals surface area contributed by atoms with Gasteiger partial charge >= 0.3 is 0 Å². The zero-order valence-electron chi connectivity index (χ0n) is 17.4. The summed E-state index contributed by atoms with van der Waals surface area (Å²) >= 11 is 1.62. The highest BCUT2D eigenvalue weighted by Crippen LogP contribution is 2.30. The van der Waals surface area contributed by atoms with Crippen LogP contribution in [0.25, 0.3) is 26.4 Å². The first-order chi connectivity index (χ1) is 14.6. The van der Waals surface area contributed by atoms with Crippen molar-refractivity contribution >= 4 is 32.4 Å². The van der Waals surface area contributed by atoms with Gasteiger partial charge in [-0.25, -0.2) is 4.98 Å². The molecule has 154 valence electrons. The van der Waals surface area contributed by atoms with Crippen LogP contribution in [0.5, 0.6) is 0 Å². The Labute approximate surface area is 180 Å². The van der Waals surface area contributed by atoms with E-state index in [9.17, 15) is 4.79 Å². The summed E-state index contributed by atoms with van der Waals surface area (Å²) in [5, 5.41) is 3.13. The Balaban J connectivity index is 1.36. The number of benzene rings is 2. The Hall–Kier alpha value is -2.70. The van der Waals surface area contributed by atoms with E-state index in [1.54, 1.807) is 11.3 Å². The minimum absolute atomic E-state index is 0.00578. The third kappa shape index (κ3) is 3.50. The van der Waals surface area contributed by atoms with Crippen LogP contribution in [-0.4, -0.2) is 45.9 Å². The van der Waals surface area contributed by atoms with Crippen LogP contribution in [0.1, 0.15) is 35.7 Å². The minimum Gasteiger partial charge on any atom is -0.350 e. The number of aromatic nitrogens is 2. The van der Waals surface area contributed by atoms with Crippen LogP contribution in [0.15, 0.2) is 48.7 Å². The number of nitrogens with zero attached hydrogens (tertiary/aromatic N) is 3. The first-order valence-electron chi connectivity index (χ1n) is 10.6. The average molecular weight is 419 g/mol. The standard InChI is InChI=1S/C24H26N4OS/c1-3-27-12-4-5-19(27)14-25-23(29)18-10-11-21-22(13-18)30-24-26-20(15-28(21)24)17-8-6-16(2)7-9-17/h6-11,13,15,19H,3-5,12,14H2,1-2H3,(H,25,29). The van der Waals surface area contributed by atoms with Gasteiger partial charge in [-0.15, -0.1) is 0 Å². The maximum Gasteiger partial charge on any atom is 0.251 e. The summed E-state index contributed by atoms with van der Waals surface area (Å²) < 4.78 is 3.20. The fraction of sp³-hybridized carbons (Fsp3) is 0.333. The number of hydrogen-bond acceptors (Lipinski definition) is 4. The summed E-state index contributed by atoms with van der Waals surface area (Å²) in [5.41, 5.74) is 5.14. The van der Waals surface area contributed by atoms with Gasteiger partial charge in [0.15, 0.2) is 4.96 Å². The zero-order valence-corrected chi connectivity index (χ0v) is 18.2. The number of nitrogens with one attached hydrogen (secondary N) is 1. The number of carbonyl (C=O) groups is 1. The number of likely N-dealkylation sites (tertiary alicyclic amines) is 1. The normalized spacial score (nSPS) is 17.2. The molecule has 4 aromatic rings. The summed E-state index contributed by atoms with van der Waals surface area (Å²) in [7, 11) is 0. The molecule has 2 aromatic heterocycles. The van der Waals surface area contributed by atoms with Crippen LogP contribution in [-0.2, 0) is 0 Å². The van der Waals surface area contributed by atoms with Gasteiger partial charge in [0.25, 0.3) is 5.91 Å². The lowest BCUT2D eigenvalue weighted by Crippen LogP contribution is -2.40. The quantitative estimate of drug-likeness (QED) is 0.509. The van der Waals surface area contributed by atoms with Crippen molar-refractivity contribution in [3.63, 3.8) is 0 Å². The molecule has 0 bridgehead atoms. The smallest absolute Gasteiger partial charge is 0.251 e. The molecule has 2 aromatic carbocycles. The van der Waals surface area contributed by atoms with Gasteiger partial charge in [0.2, 0.25) is 0 Å². The molecule has 1 N–H and O–H groups in total. The predicted molar refractivity (Wildman–Crippen MR) is 123 cm³/mol. The molecular weight excluding hydrogens is 392 g/mol. The summed E-state index contributed by atoms with van der Waals surface area (Å²) in [5.74, 6) is 0.00578. The number of hydrogen-bond donors (Lipinski definition) is 1. The van der Waals surface area contributed by atoms with Crippen LogP contribution in [0, 0.1) is 6.92 Å². The molecular formula is C24H26N4OS. The number of imidazole rings is 1. The Morgan fingerprint density at radius 1 is 1.23 bits per heavy atom. The number of amides is 1. The van der Waals surface area contributed by atoms with E-state index < -0.39 is 0 Å². The monoisotopic (exact) mass is 418 g/mol. The number of likely N-dealkylation sites (N-methyl/N-ethyl adjacent to an activating group) is 1. The number of aryl methyl sites for hydroxylation is 1. The lowest BCUT2D eigenvalue weighted by atomic mass is 10.1. The molecule has 6 heteroatoms. The van der Waals surface area contributed by atoms with E-state index >= 15 is 0 Å². The number of rotatable bonds is 5. The number of thiazole rings is 1. The Bertz CT molecular complexity index is 1210.